The molecule has 1 rings (SSSR count). The van der Waals surface area contributed by atoms with Gasteiger partial charge in [-0.25, -0.2) is 0 Å². The van der Waals surface area contributed by atoms with E-state index in [1.807, 2.05) is 26.0 Å². The molecule has 0 radical (unpaired) electrons. The van der Waals surface area contributed by atoms with Gasteiger partial charge < -0.3 is 14.2 Å². The standard InChI is InChI=1S/C17H24ClNO3/c1-12(2)17(11-19,7-6-8-18)13-9-14(20-3)16(22-5)15(10-13)21-4/h9-10,12H,6-8H2,1-5H3. The Morgan fingerprint density at radius 3 is 2.00 bits per heavy atom. The van der Waals surface area contributed by atoms with Crippen molar-refractivity contribution in [3.8, 4) is 23.3 Å². The van der Waals surface area contributed by atoms with Gasteiger partial charge in [0.1, 0.15) is 0 Å². The molecule has 122 valence electrons. The lowest BCUT2D eigenvalue weighted by atomic mass is 9.70. The van der Waals surface area contributed by atoms with Gasteiger partial charge in [0.05, 0.1) is 32.8 Å². The second kappa shape index (κ2) is 8.14. The number of halogens is 1. The van der Waals surface area contributed by atoms with Crippen molar-refractivity contribution in [2.24, 2.45) is 5.92 Å². The number of alkyl halides is 1. The third-order valence-electron chi connectivity index (χ3n) is 4.07. The number of hydrogen-bond donors (Lipinski definition) is 0. The van der Waals surface area contributed by atoms with Gasteiger partial charge >= 0.3 is 0 Å². The zero-order valence-electron chi connectivity index (χ0n) is 13.9. The highest BCUT2D eigenvalue weighted by molar-refractivity contribution is 6.17. The van der Waals surface area contributed by atoms with Gasteiger partial charge in [-0.15, -0.1) is 11.6 Å². The van der Waals surface area contributed by atoms with Crippen molar-refractivity contribution in [3.05, 3.63) is 17.7 Å². The van der Waals surface area contributed by atoms with Crippen LogP contribution in [0, 0.1) is 17.2 Å². The van der Waals surface area contributed by atoms with Crippen LogP contribution < -0.4 is 14.2 Å². The minimum Gasteiger partial charge on any atom is -0.493 e. The number of hydrogen-bond acceptors (Lipinski definition) is 4. The number of nitriles is 1. The van der Waals surface area contributed by atoms with Crippen LogP contribution >= 0.6 is 11.6 Å². The van der Waals surface area contributed by atoms with Crippen LogP contribution in [0.25, 0.3) is 0 Å². The Balaban J connectivity index is 3.52. The summed E-state index contributed by atoms with van der Waals surface area (Å²) in [7, 11) is 4.71. The van der Waals surface area contributed by atoms with Crippen molar-refractivity contribution < 1.29 is 14.2 Å². The van der Waals surface area contributed by atoms with Crippen molar-refractivity contribution in [1.29, 1.82) is 5.26 Å². The molecule has 1 aromatic rings. The van der Waals surface area contributed by atoms with E-state index in [1.165, 1.54) is 0 Å². The molecule has 0 saturated heterocycles. The topological polar surface area (TPSA) is 51.5 Å². The number of ether oxygens (including phenoxy) is 3. The minimum absolute atomic E-state index is 0.128. The van der Waals surface area contributed by atoms with E-state index < -0.39 is 5.41 Å². The average molecular weight is 326 g/mol. The normalized spacial score (nSPS) is 13.4. The molecule has 5 heteroatoms. The molecule has 0 heterocycles. The summed E-state index contributed by atoms with van der Waals surface area (Å²) in [6.45, 7) is 4.08. The first-order valence-electron chi connectivity index (χ1n) is 7.28. The van der Waals surface area contributed by atoms with Crippen molar-refractivity contribution in [2.45, 2.75) is 32.1 Å². The fourth-order valence-corrected chi connectivity index (χ4v) is 2.83. The van der Waals surface area contributed by atoms with Crippen LogP contribution in [0.4, 0.5) is 0 Å². The monoisotopic (exact) mass is 325 g/mol. The van der Waals surface area contributed by atoms with Crippen LogP contribution in [0.3, 0.4) is 0 Å². The van der Waals surface area contributed by atoms with Gasteiger partial charge in [-0.3, -0.25) is 0 Å². The van der Waals surface area contributed by atoms with Crippen molar-refractivity contribution in [2.75, 3.05) is 27.2 Å². The summed E-state index contributed by atoms with van der Waals surface area (Å²) in [5.41, 5.74) is 0.228. The first-order valence-corrected chi connectivity index (χ1v) is 7.81. The molecule has 0 spiro atoms. The number of rotatable bonds is 8. The van der Waals surface area contributed by atoms with Crippen LogP contribution in [0.15, 0.2) is 12.1 Å². The summed E-state index contributed by atoms with van der Waals surface area (Å²) >= 11 is 5.84. The van der Waals surface area contributed by atoms with Crippen LogP contribution in [-0.4, -0.2) is 27.2 Å². The Labute approximate surface area is 137 Å². The molecular weight excluding hydrogens is 302 g/mol. The molecule has 0 bridgehead atoms. The van der Waals surface area contributed by atoms with E-state index in [1.54, 1.807) is 21.3 Å². The van der Waals surface area contributed by atoms with Crippen LogP contribution in [0.2, 0.25) is 0 Å². The van der Waals surface area contributed by atoms with Gasteiger partial charge in [-0.1, -0.05) is 13.8 Å². The van der Waals surface area contributed by atoms with Crippen molar-refractivity contribution in [3.63, 3.8) is 0 Å². The molecule has 0 aliphatic carbocycles. The first kappa shape index (κ1) is 18.4. The first-order chi connectivity index (χ1) is 10.5. The molecule has 0 N–H and O–H groups in total. The molecule has 1 unspecified atom stereocenters. The lowest BCUT2D eigenvalue weighted by Gasteiger charge is -2.32. The summed E-state index contributed by atoms with van der Waals surface area (Å²) in [5, 5.41) is 9.87. The maximum Gasteiger partial charge on any atom is 0.203 e. The average Bonchev–Trinajstić information content (AvgIpc) is 2.54. The van der Waals surface area contributed by atoms with Crippen LogP contribution in [-0.2, 0) is 5.41 Å². The summed E-state index contributed by atoms with van der Waals surface area (Å²) < 4.78 is 16.2. The maximum atomic E-state index is 9.87. The second-order valence-electron chi connectivity index (χ2n) is 5.44. The van der Waals surface area contributed by atoms with Gasteiger partial charge in [-0.05, 0) is 36.5 Å². The number of benzene rings is 1. The molecule has 0 saturated carbocycles. The molecule has 0 aliphatic heterocycles. The molecule has 0 fully saturated rings. The van der Waals surface area contributed by atoms with Gasteiger partial charge in [-0.2, -0.15) is 5.26 Å². The summed E-state index contributed by atoms with van der Waals surface area (Å²) in [6.07, 6.45) is 1.45. The fourth-order valence-electron chi connectivity index (χ4n) is 2.70. The van der Waals surface area contributed by atoms with E-state index in [0.29, 0.717) is 29.5 Å². The lowest BCUT2D eigenvalue weighted by molar-refractivity contribution is 0.317. The van der Waals surface area contributed by atoms with Crippen molar-refractivity contribution in [1.82, 2.24) is 0 Å². The van der Waals surface area contributed by atoms with E-state index in [-0.39, 0.29) is 5.92 Å². The third kappa shape index (κ3) is 3.41. The van der Waals surface area contributed by atoms with Gasteiger partial charge in [0.15, 0.2) is 11.5 Å². The summed E-state index contributed by atoms with van der Waals surface area (Å²) in [5.74, 6) is 2.30. The molecule has 0 aliphatic rings. The minimum atomic E-state index is -0.637. The van der Waals surface area contributed by atoms with Gasteiger partial charge in [0.25, 0.3) is 0 Å². The van der Waals surface area contributed by atoms with E-state index >= 15 is 0 Å². The summed E-state index contributed by atoms with van der Waals surface area (Å²) in [4.78, 5) is 0. The Kier molecular flexibility index (Phi) is 6.83. The van der Waals surface area contributed by atoms with E-state index in [9.17, 15) is 5.26 Å². The molecule has 4 nitrogen and oxygen atoms in total. The number of nitrogens with zero attached hydrogens (tertiary/aromatic N) is 1. The lowest BCUT2D eigenvalue weighted by Crippen LogP contribution is -2.31. The third-order valence-corrected chi connectivity index (χ3v) is 4.34. The highest BCUT2D eigenvalue weighted by Crippen LogP contribution is 2.45. The highest BCUT2D eigenvalue weighted by Gasteiger charge is 2.37. The fraction of sp³-hybridized carbons (Fsp3) is 0.588. The molecule has 0 aromatic heterocycles. The Morgan fingerprint density at radius 1 is 1.14 bits per heavy atom. The Bertz CT molecular complexity index is 514. The number of methoxy groups -OCH3 is 3. The van der Waals surface area contributed by atoms with E-state index in [0.717, 1.165) is 12.0 Å². The highest BCUT2D eigenvalue weighted by atomic mass is 35.5. The predicted molar refractivity (Wildman–Crippen MR) is 88.2 cm³/mol. The predicted octanol–water partition coefficient (Wildman–Crippen LogP) is 4.15. The van der Waals surface area contributed by atoms with E-state index in [4.69, 9.17) is 25.8 Å². The second-order valence-corrected chi connectivity index (χ2v) is 5.82. The molecule has 1 atom stereocenters. The SMILES string of the molecule is COc1cc(C(C#N)(CCCCl)C(C)C)cc(OC)c1OC. The quantitative estimate of drug-likeness (QED) is 0.674. The van der Waals surface area contributed by atoms with Crippen LogP contribution in [0.5, 0.6) is 17.2 Å². The smallest absolute Gasteiger partial charge is 0.203 e. The van der Waals surface area contributed by atoms with Gasteiger partial charge in [0, 0.05) is 5.88 Å². The van der Waals surface area contributed by atoms with Crippen LogP contribution in [0.1, 0.15) is 32.3 Å². The largest absolute Gasteiger partial charge is 0.493 e. The van der Waals surface area contributed by atoms with E-state index in [2.05, 4.69) is 6.07 Å². The van der Waals surface area contributed by atoms with Crippen molar-refractivity contribution >= 4 is 11.6 Å². The molecule has 22 heavy (non-hydrogen) atoms. The summed E-state index contributed by atoms with van der Waals surface area (Å²) in [6, 6.07) is 6.22. The molecular formula is C17H24ClNO3. The maximum absolute atomic E-state index is 9.87. The Hall–Kier alpha value is -1.60. The van der Waals surface area contributed by atoms with Gasteiger partial charge in [0.2, 0.25) is 5.75 Å². The molecule has 0 amide bonds. The molecule has 1 aromatic carbocycles. The Morgan fingerprint density at radius 2 is 1.68 bits per heavy atom. The zero-order valence-corrected chi connectivity index (χ0v) is 14.7. The zero-order chi connectivity index (χ0) is 16.8.